The number of amidine groups is 1. The first kappa shape index (κ1) is 10.6. The maximum Gasteiger partial charge on any atom is 0.157 e. The highest BCUT2D eigenvalue weighted by atomic mass is 15.0. The maximum atomic E-state index is 6.99. The maximum absolute atomic E-state index is 6.99. The number of rotatable bonds is 3. The molecule has 4 nitrogen and oxygen atoms in total. The molecule has 0 aromatic heterocycles. The molecule has 0 aliphatic heterocycles. The van der Waals surface area contributed by atoms with E-state index < -0.39 is 0 Å². The molecule has 0 aliphatic rings. The first-order valence-corrected chi connectivity index (χ1v) is 3.62. The van der Waals surface area contributed by atoms with E-state index in [1.165, 1.54) is 6.21 Å². The second-order valence-corrected chi connectivity index (χ2v) is 2.29. The lowest BCUT2D eigenvalue weighted by molar-refractivity contribution is 1.19. The molecule has 0 spiro atoms. The average Bonchev–Trinajstić information content (AvgIpc) is 2.01. The second kappa shape index (κ2) is 5.23. The Bertz CT molecular complexity index is 244. The van der Waals surface area contributed by atoms with Gasteiger partial charge < -0.3 is 11.1 Å². The van der Waals surface area contributed by atoms with Crippen LogP contribution < -0.4 is 5.73 Å². The van der Waals surface area contributed by atoms with Gasteiger partial charge in [-0.2, -0.15) is 0 Å². The summed E-state index contributed by atoms with van der Waals surface area (Å²) in [7, 11) is 0. The molecule has 0 saturated heterocycles. The van der Waals surface area contributed by atoms with E-state index >= 15 is 0 Å². The molecule has 0 rings (SSSR count). The summed E-state index contributed by atoms with van der Waals surface area (Å²) in [5, 5.41) is 6.99. The van der Waals surface area contributed by atoms with Gasteiger partial charge in [-0.15, -0.1) is 0 Å². The largest absolute Gasteiger partial charge is 0.387 e. The van der Waals surface area contributed by atoms with Crippen molar-refractivity contribution in [3.8, 4) is 0 Å². The topological polar surface area (TPSA) is 74.6 Å². The van der Waals surface area contributed by atoms with Crippen molar-refractivity contribution in [2.24, 2.45) is 15.7 Å². The Kier molecular flexibility index (Phi) is 4.60. The third kappa shape index (κ3) is 3.65. The molecule has 0 saturated carbocycles. The Hall–Kier alpha value is -1.45. The number of allylic oxidation sites excluding steroid dienone is 1. The molecule has 0 radical (unpaired) electrons. The van der Waals surface area contributed by atoms with E-state index in [9.17, 15) is 0 Å². The van der Waals surface area contributed by atoms with Crippen LogP contribution in [0.4, 0.5) is 0 Å². The molecule has 0 amide bonds. The number of nitrogens with one attached hydrogen (secondary N) is 1. The van der Waals surface area contributed by atoms with E-state index in [-0.39, 0.29) is 0 Å². The summed E-state index contributed by atoms with van der Waals surface area (Å²) < 4.78 is 0. The number of aliphatic imine (C=N–C) groups is 2. The Balaban J connectivity index is 4.91. The molecule has 4 heteroatoms. The SMILES string of the molecule is CC=NC(/N=C(/C)N)=C(/C)C=N. The Morgan fingerprint density at radius 1 is 1.42 bits per heavy atom. The van der Waals surface area contributed by atoms with Gasteiger partial charge in [0.05, 0.1) is 5.84 Å². The fourth-order valence-corrected chi connectivity index (χ4v) is 0.573. The zero-order chi connectivity index (χ0) is 9.56. The summed E-state index contributed by atoms with van der Waals surface area (Å²) in [6, 6.07) is 0. The predicted octanol–water partition coefficient (Wildman–Crippen LogP) is 1.34. The third-order valence-corrected chi connectivity index (χ3v) is 1.10. The van der Waals surface area contributed by atoms with Crippen molar-refractivity contribution >= 4 is 18.3 Å². The first-order chi connectivity index (χ1) is 5.61. The minimum atomic E-state index is 0.441. The molecule has 0 aliphatic carbocycles. The van der Waals surface area contributed by atoms with Gasteiger partial charge >= 0.3 is 0 Å². The van der Waals surface area contributed by atoms with Gasteiger partial charge in [-0.1, -0.05) is 0 Å². The summed E-state index contributed by atoms with van der Waals surface area (Å²) in [4.78, 5) is 7.93. The highest BCUT2D eigenvalue weighted by Crippen LogP contribution is 2.04. The van der Waals surface area contributed by atoms with Crippen molar-refractivity contribution in [1.82, 2.24) is 0 Å². The molecule has 0 atom stereocenters. The van der Waals surface area contributed by atoms with E-state index in [0.29, 0.717) is 17.2 Å². The molecule has 3 N–H and O–H groups in total. The second-order valence-electron chi connectivity index (χ2n) is 2.29. The molecular weight excluding hydrogens is 152 g/mol. The van der Waals surface area contributed by atoms with Gasteiger partial charge in [0.1, 0.15) is 0 Å². The van der Waals surface area contributed by atoms with Crippen LogP contribution in [0.1, 0.15) is 20.8 Å². The van der Waals surface area contributed by atoms with Crippen molar-refractivity contribution in [2.45, 2.75) is 20.8 Å². The van der Waals surface area contributed by atoms with Crippen molar-refractivity contribution in [2.75, 3.05) is 0 Å². The molecule has 0 aromatic rings. The zero-order valence-corrected chi connectivity index (χ0v) is 7.63. The van der Waals surface area contributed by atoms with Crippen molar-refractivity contribution in [1.29, 1.82) is 5.41 Å². The summed E-state index contributed by atoms with van der Waals surface area (Å²) in [5.41, 5.74) is 6.08. The summed E-state index contributed by atoms with van der Waals surface area (Å²) in [6.45, 7) is 5.24. The lowest BCUT2D eigenvalue weighted by Gasteiger charge is -1.97. The van der Waals surface area contributed by atoms with Crippen LogP contribution in [0.25, 0.3) is 0 Å². The highest BCUT2D eigenvalue weighted by molar-refractivity contribution is 5.81. The number of nitrogens with two attached hydrogens (primary N) is 1. The van der Waals surface area contributed by atoms with Gasteiger partial charge in [0, 0.05) is 18.0 Å². The van der Waals surface area contributed by atoms with Crippen LogP contribution in [0.15, 0.2) is 21.4 Å². The van der Waals surface area contributed by atoms with Crippen LogP contribution in [0.3, 0.4) is 0 Å². The van der Waals surface area contributed by atoms with Crippen LogP contribution in [0, 0.1) is 5.41 Å². The van der Waals surface area contributed by atoms with Crippen molar-refractivity contribution in [3.05, 3.63) is 11.4 Å². The monoisotopic (exact) mass is 166 g/mol. The molecule has 0 fully saturated rings. The van der Waals surface area contributed by atoms with Crippen LogP contribution >= 0.6 is 0 Å². The van der Waals surface area contributed by atoms with Gasteiger partial charge in [0.15, 0.2) is 5.82 Å². The minimum absolute atomic E-state index is 0.441. The van der Waals surface area contributed by atoms with Crippen LogP contribution in [-0.2, 0) is 0 Å². The van der Waals surface area contributed by atoms with E-state index in [4.69, 9.17) is 11.1 Å². The molecule has 66 valence electrons. The zero-order valence-electron chi connectivity index (χ0n) is 7.63. The van der Waals surface area contributed by atoms with Gasteiger partial charge in [0.25, 0.3) is 0 Å². The van der Waals surface area contributed by atoms with Gasteiger partial charge in [-0.3, -0.25) is 0 Å². The quantitative estimate of drug-likeness (QED) is 0.481. The van der Waals surface area contributed by atoms with Gasteiger partial charge in [-0.05, 0) is 20.8 Å². The molecular formula is C8H14N4. The Morgan fingerprint density at radius 2 is 2.00 bits per heavy atom. The lowest BCUT2D eigenvalue weighted by Crippen LogP contribution is -2.05. The Morgan fingerprint density at radius 3 is 2.33 bits per heavy atom. The number of hydrogen-bond acceptors (Lipinski definition) is 3. The summed E-state index contributed by atoms with van der Waals surface area (Å²) >= 11 is 0. The van der Waals surface area contributed by atoms with E-state index in [2.05, 4.69) is 9.98 Å². The molecule has 0 unspecified atom stereocenters. The van der Waals surface area contributed by atoms with Crippen LogP contribution in [0.5, 0.6) is 0 Å². The smallest absolute Gasteiger partial charge is 0.157 e. The fourth-order valence-electron chi connectivity index (χ4n) is 0.573. The highest BCUT2D eigenvalue weighted by Gasteiger charge is 1.94. The van der Waals surface area contributed by atoms with Gasteiger partial charge in [-0.25, -0.2) is 9.98 Å². The van der Waals surface area contributed by atoms with Crippen LogP contribution in [-0.4, -0.2) is 18.3 Å². The number of hydrogen-bond donors (Lipinski definition) is 2. The molecule has 12 heavy (non-hydrogen) atoms. The van der Waals surface area contributed by atoms with E-state index in [1.54, 1.807) is 27.0 Å². The third-order valence-electron chi connectivity index (χ3n) is 1.10. The Labute approximate surface area is 72.4 Å². The van der Waals surface area contributed by atoms with Gasteiger partial charge in [0.2, 0.25) is 0 Å². The molecule has 0 heterocycles. The molecule has 0 bridgehead atoms. The predicted molar refractivity (Wildman–Crippen MR) is 52.9 cm³/mol. The number of nitrogens with zero attached hydrogens (tertiary/aromatic N) is 2. The van der Waals surface area contributed by atoms with Crippen molar-refractivity contribution < 1.29 is 0 Å². The normalized spacial score (nSPS) is 14.8. The summed E-state index contributed by atoms with van der Waals surface area (Å²) in [6.07, 6.45) is 2.82. The minimum Gasteiger partial charge on any atom is -0.387 e. The first-order valence-electron chi connectivity index (χ1n) is 3.62. The molecule has 0 aromatic carbocycles. The standard InChI is InChI=1S/C8H14N4/c1-4-11-8(6(2)5-9)12-7(3)10/h4-5,9H,1-3H3,(H2,10,12)/b8-6+,9-5?,11-4?. The van der Waals surface area contributed by atoms with E-state index in [0.717, 1.165) is 0 Å². The average molecular weight is 166 g/mol. The van der Waals surface area contributed by atoms with Crippen LogP contribution in [0.2, 0.25) is 0 Å². The van der Waals surface area contributed by atoms with Crippen molar-refractivity contribution in [3.63, 3.8) is 0 Å². The van der Waals surface area contributed by atoms with E-state index in [1.807, 2.05) is 0 Å². The summed E-state index contributed by atoms with van der Waals surface area (Å²) in [5.74, 6) is 0.935. The lowest BCUT2D eigenvalue weighted by atomic mass is 10.3. The fraction of sp³-hybridized carbons (Fsp3) is 0.375.